The molecule has 0 fully saturated rings. The summed E-state index contributed by atoms with van der Waals surface area (Å²) in [4.78, 5) is 4.54. The maximum atomic E-state index is 13.7. The Morgan fingerprint density at radius 2 is 1.89 bits per heavy atom. The summed E-state index contributed by atoms with van der Waals surface area (Å²) in [5.41, 5.74) is 4.13. The van der Waals surface area contributed by atoms with Crippen molar-refractivity contribution >= 4 is 51.2 Å². The minimum atomic E-state index is -0.536. The van der Waals surface area contributed by atoms with E-state index in [0.29, 0.717) is 44.2 Å². The summed E-state index contributed by atoms with van der Waals surface area (Å²) in [5, 5.41) is 28.2. The van der Waals surface area contributed by atoms with Crippen LogP contribution in [0.25, 0.3) is 10.9 Å². The minimum Gasteiger partial charge on any atom is -0.371 e. The first kappa shape index (κ1) is 22.6. The summed E-state index contributed by atoms with van der Waals surface area (Å²) in [6, 6.07) is 19.3. The molecule has 0 aliphatic heterocycles. The van der Waals surface area contributed by atoms with Crippen LogP contribution >= 0.6 is 23.2 Å². The number of H-pyrrole nitrogens is 1. The summed E-state index contributed by atoms with van der Waals surface area (Å²) in [7, 11) is 0. The van der Waals surface area contributed by atoms with Crippen LogP contribution in [0.5, 0.6) is 0 Å². The van der Waals surface area contributed by atoms with E-state index in [1.54, 1.807) is 18.3 Å². The number of aromatic amines is 1. The fraction of sp³-hybridized carbons (Fsp3) is 0.0400. The van der Waals surface area contributed by atoms with Crippen molar-refractivity contribution in [3.63, 3.8) is 0 Å². The van der Waals surface area contributed by atoms with Gasteiger partial charge < -0.3 is 10.6 Å². The number of hydrogen-bond donors (Lipinski definition) is 3. The first-order chi connectivity index (χ1) is 17.0. The number of nitriles is 1. The van der Waals surface area contributed by atoms with Gasteiger partial charge >= 0.3 is 0 Å². The molecule has 0 aliphatic rings. The molecule has 0 radical (unpaired) electrons. The molecule has 2 heterocycles. The molecular weight excluding hydrogens is 488 g/mol. The van der Waals surface area contributed by atoms with Crippen molar-refractivity contribution in [2.45, 2.75) is 6.04 Å². The maximum absolute atomic E-state index is 13.7. The molecule has 0 aliphatic carbocycles. The van der Waals surface area contributed by atoms with Crippen LogP contribution in [0.4, 0.5) is 21.5 Å². The third-order valence-electron chi connectivity index (χ3n) is 5.41. The lowest BCUT2D eigenvalue weighted by Crippen LogP contribution is -2.13. The van der Waals surface area contributed by atoms with Gasteiger partial charge in [-0.2, -0.15) is 5.26 Å². The maximum Gasteiger partial charge on any atom is 0.141 e. The van der Waals surface area contributed by atoms with Gasteiger partial charge in [0.25, 0.3) is 0 Å². The second kappa shape index (κ2) is 9.58. The van der Waals surface area contributed by atoms with Gasteiger partial charge in [-0.05, 0) is 35.9 Å². The largest absolute Gasteiger partial charge is 0.371 e. The molecule has 1 unspecified atom stereocenters. The van der Waals surface area contributed by atoms with Gasteiger partial charge in [0.1, 0.15) is 17.6 Å². The Hall–Kier alpha value is -4.19. The van der Waals surface area contributed by atoms with Crippen molar-refractivity contribution in [2.75, 3.05) is 10.6 Å². The number of hydrogen-bond acceptors (Lipinski definition) is 6. The fourth-order valence-electron chi connectivity index (χ4n) is 3.80. The van der Waals surface area contributed by atoms with Gasteiger partial charge in [0.15, 0.2) is 0 Å². The van der Waals surface area contributed by atoms with Gasteiger partial charge in [-0.25, -0.2) is 4.39 Å². The van der Waals surface area contributed by atoms with Crippen molar-refractivity contribution in [1.82, 2.24) is 20.4 Å². The average molecular weight is 504 g/mol. The summed E-state index contributed by atoms with van der Waals surface area (Å²) in [6.45, 7) is 0. The molecule has 3 N–H and O–H groups in total. The number of aromatic nitrogens is 4. The van der Waals surface area contributed by atoms with Crippen LogP contribution in [-0.2, 0) is 0 Å². The quantitative estimate of drug-likeness (QED) is 0.240. The van der Waals surface area contributed by atoms with Gasteiger partial charge in [0.05, 0.1) is 33.5 Å². The van der Waals surface area contributed by atoms with E-state index in [2.05, 4.69) is 37.1 Å². The van der Waals surface area contributed by atoms with Gasteiger partial charge in [-0.15, -0.1) is 5.10 Å². The molecule has 0 spiro atoms. The SMILES string of the molecule is N#Cc1cnc2c(NC(c3ccccc3)c3c[nH]nn3)cc(Cl)cc2c1Nc1ccc(F)c(Cl)c1. The van der Waals surface area contributed by atoms with E-state index in [0.717, 1.165) is 5.56 Å². The predicted octanol–water partition coefficient (Wildman–Crippen LogP) is 6.62. The van der Waals surface area contributed by atoms with Crippen molar-refractivity contribution in [2.24, 2.45) is 0 Å². The molecule has 5 aromatic rings. The topological polar surface area (TPSA) is 102 Å². The molecule has 7 nitrogen and oxygen atoms in total. The number of halogens is 3. The smallest absolute Gasteiger partial charge is 0.141 e. The molecule has 10 heteroatoms. The second-order valence-corrected chi connectivity index (χ2v) is 8.49. The number of fused-ring (bicyclic) bond motifs is 1. The average Bonchev–Trinajstić information content (AvgIpc) is 3.40. The van der Waals surface area contributed by atoms with E-state index < -0.39 is 5.82 Å². The molecule has 3 aromatic carbocycles. The van der Waals surface area contributed by atoms with Gasteiger partial charge in [0, 0.05) is 28.5 Å². The van der Waals surface area contributed by atoms with Crippen LogP contribution in [0.15, 0.2) is 73.1 Å². The minimum absolute atomic E-state index is 0.0365. The van der Waals surface area contributed by atoms with Crippen molar-refractivity contribution in [3.8, 4) is 6.07 Å². The van der Waals surface area contributed by atoms with Crippen LogP contribution in [0.1, 0.15) is 22.9 Å². The van der Waals surface area contributed by atoms with Gasteiger partial charge in [-0.1, -0.05) is 58.7 Å². The predicted molar refractivity (Wildman–Crippen MR) is 134 cm³/mol. The third kappa shape index (κ3) is 4.60. The molecule has 5 rings (SSSR count). The van der Waals surface area contributed by atoms with E-state index in [1.807, 2.05) is 30.3 Å². The standard InChI is InChI=1S/C25H16Cl2FN7/c26-16-8-18-23(32-17-6-7-20(28)19(27)10-17)15(11-29)12-30-25(18)21(9-16)33-24(22-13-31-35-34-22)14-4-2-1-3-5-14/h1-10,12-13,24,33H,(H,30,32)(H,31,34,35). The summed E-state index contributed by atoms with van der Waals surface area (Å²) < 4.78 is 13.7. The number of pyridine rings is 1. The highest BCUT2D eigenvalue weighted by atomic mass is 35.5. The highest BCUT2D eigenvalue weighted by Crippen LogP contribution is 2.37. The van der Waals surface area contributed by atoms with Crippen LogP contribution < -0.4 is 10.6 Å². The highest BCUT2D eigenvalue weighted by Gasteiger charge is 2.20. The van der Waals surface area contributed by atoms with E-state index in [1.165, 1.54) is 24.4 Å². The Kier molecular flexibility index (Phi) is 6.19. The molecule has 0 saturated heterocycles. The highest BCUT2D eigenvalue weighted by molar-refractivity contribution is 6.32. The zero-order valence-corrected chi connectivity index (χ0v) is 19.4. The Bertz CT molecular complexity index is 1550. The fourth-order valence-corrected chi connectivity index (χ4v) is 4.19. The van der Waals surface area contributed by atoms with E-state index in [-0.39, 0.29) is 11.1 Å². The Morgan fingerprint density at radius 3 is 2.60 bits per heavy atom. The lowest BCUT2D eigenvalue weighted by atomic mass is 10.0. The third-order valence-corrected chi connectivity index (χ3v) is 5.92. The first-order valence-electron chi connectivity index (χ1n) is 10.5. The molecule has 2 aromatic heterocycles. The number of nitrogens with one attached hydrogen (secondary N) is 3. The van der Waals surface area contributed by atoms with Crippen molar-refractivity contribution in [1.29, 1.82) is 5.26 Å². The molecule has 0 amide bonds. The van der Waals surface area contributed by atoms with Crippen LogP contribution in [0.3, 0.4) is 0 Å². The number of benzene rings is 3. The molecular formula is C25H16Cl2FN7. The van der Waals surface area contributed by atoms with Crippen LogP contribution in [0, 0.1) is 17.1 Å². The summed E-state index contributed by atoms with van der Waals surface area (Å²) >= 11 is 12.5. The molecule has 35 heavy (non-hydrogen) atoms. The Morgan fingerprint density at radius 1 is 1.06 bits per heavy atom. The lowest BCUT2D eigenvalue weighted by molar-refractivity contribution is 0.628. The number of anilines is 3. The normalized spacial score (nSPS) is 11.7. The second-order valence-electron chi connectivity index (χ2n) is 7.65. The number of rotatable bonds is 6. The zero-order valence-electron chi connectivity index (χ0n) is 17.9. The van der Waals surface area contributed by atoms with Crippen molar-refractivity contribution < 1.29 is 4.39 Å². The summed E-state index contributed by atoms with van der Waals surface area (Å²) in [6.07, 6.45) is 3.19. The van der Waals surface area contributed by atoms with E-state index in [4.69, 9.17) is 23.2 Å². The Balaban J connectivity index is 1.64. The molecule has 0 saturated carbocycles. The lowest BCUT2D eigenvalue weighted by Gasteiger charge is -2.20. The van der Waals surface area contributed by atoms with Gasteiger partial charge in [0.2, 0.25) is 0 Å². The van der Waals surface area contributed by atoms with Crippen LogP contribution in [0.2, 0.25) is 10.0 Å². The number of nitrogens with zero attached hydrogens (tertiary/aromatic N) is 4. The molecule has 0 bridgehead atoms. The van der Waals surface area contributed by atoms with Crippen LogP contribution in [-0.4, -0.2) is 20.4 Å². The summed E-state index contributed by atoms with van der Waals surface area (Å²) in [5.74, 6) is -0.536. The zero-order chi connectivity index (χ0) is 24.4. The van der Waals surface area contributed by atoms with E-state index >= 15 is 0 Å². The molecule has 1 atom stereocenters. The molecule has 172 valence electrons. The van der Waals surface area contributed by atoms with Crippen molar-refractivity contribution in [3.05, 3.63) is 106 Å². The van der Waals surface area contributed by atoms with Gasteiger partial charge in [-0.3, -0.25) is 10.1 Å². The monoisotopic (exact) mass is 503 g/mol. The van der Waals surface area contributed by atoms with E-state index in [9.17, 15) is 9.65 Å². The Labute approximate surface area is 209 Å². The first-order valence-corrected chi connectivity index (χ1v) is 11.2.